The molecule has 0 fully saturated rings. The molecule has 0 aliphatic carbocycles. The Hall–Kier alpha value is -2.96. The maximum atomic E-state index is 12.2. The topological polar surface area (TPSA) is 88.4 Å². The van der Waals surface area contributed by atoms with Gasteiger partial charge < -0.3 is 5.32 Å². The van der Waals surface area contributed by atoms with E-state index in [4.69, 9.17) is 0 Å². The van der Waals surface area contributed by atoms with Crippen LogP contribution in [0.1, 0.15) is 43.7 Å². The summed E-state index contributed by atoms with van der Waals surface area (Å²) in [7, 11) is 1.71. The zero-order chi connectivity index (χ0) is 18.6. The van der Waals surface area contributed by atoms with E-state index in [1.165, 1.54) is 4.68 Å². The first-order valence-electron chi connectivity index (χ1n) is 7.93. The van der Waals surface area contributed by atoms with Gasteiger partial charge in [0.1, 0.15) is 5.69 Å². The van der Waals surface area contributed by atoms with Crippen LogP contribution in [0.25, 0.3) is 0 Å². The maximum Gasteiger partial charge on any atom is 0.273 e. The molecule has 0 aliphatic heterocycles. The summed E-state index contributed by atoms with van der Waals surface area (Å²) in [5.41, 5.74) is 4.61. The first-order chi connectivity index (χ1) is 11.7. The fourth-order valence-electron chi connectivity index (χ4n) is 1.98. The molecule has 132 valence electrons. The minimum absolute atomic E-state index is 0.160. The number of nitrogens with zero attached hydrogens (tertiary/aromatic N) is 3. The summed E-state index contributed by atoms with van der Waals surface area (Å²) >= 11 is 0. The van der Waals surface area contributed by atoms with Crippen LogP contribution in [-0.4, -0.2) is 27.3 Å². The highest BCUT2D eigenvalue weighted by molar-refractivity contribution is 6.04. The molecule has 1 aromatic carbocycles. The molecule has 0 atom stereocenters. The van der Waals surface area contributed by atoms with Gasteiger partial charge in [0.25, 0.3) is 5.91 Å². The van der Waals surface area contributed by atoms with Crippen LogP contribution in [-0.2, 0) is 11.8 Å². The second-order valence-electron chi connectivity index (χ2n) is 6.76. The molecule has 0 bridgehead atoms. The smallest absolute Gasteiger partial charge is 0.273 e. The van der Waals surface area contributed by atoms with Crippen molar-refractivity contribution in [3.8, 4) is 0 Å². The molecule has 7 heteroatoms. The Balaban J connectivity index is 2.11. The molecule has 0 saturated heterocycles. The molecule has 0 aliphatic rings. The van der Waals surface area contributed by atoms with E-state index in [1.54, 1.807) is 38.4 Å². The summed E-state index contributed by atoms with van der Waals surface area (Å²) in [6.07, 6.45) is 1.57. The van der Waals surface area contributed by atoms with Crippen molar-refractivity contribution in [2.24, 2.45) is 17.6 Å². The van der Waals surface area contributed by atoms with E-state index in [-0.39, 0.29) is 11.8 Å². The number of amides is 2. The molecule has 0 saturated carbocycles. The lowest BCUT2D eigenvalue weighted by molar-refractivity contribution is -0.128. The Kier molecular flexibility index (Phi) is 5.36. The van der Waals surface area contributed by atoms with Crippen molar-refractivity contribution < 1.29 is 9.59 Å². The lowest BCUT2D eigenvalue weighted by Crippen LogP contribution is -2.32. The third-order valence-electron chi connectivity index (χ3n) is 3.60. The largest absolute Gasteiger partial charge is 0.321 e. The summed E-state index contributed by atoms with van der Waals surface area (Å²) in [5.74, 6) is -0.403. The molecule has 2 amide bonds. The van der Waals surface area contributed by atoms with Gasteiger partial charge >= 0.3 is 0 Å². The number of hydrazone groups is 1. The average Bonchev–Trinajstić information content (AvgIpc) is 2.97. The summed E-state index contributed by atoms with van der Waals surface area (Å²) < 4.78 is 1.51. The zero-order valence-electron chi connectivity index (χ0n) is 15.1. The Morgan fingerprint density at radius 2 is 1.92 bits per heavy atom. The van der Waals surface area contributed by atoms with Gasteiger partial charge in [-0.2, -0.15) is 10.2 Å². The number of benzene rings is 1. The van der Waals surface area contributed by atoms with Gasteiger partial charge in [-0.1, -0.05) is 32.9 Å². The number of hydrogen-bond donors (Lipinski definition) is 2. The lowest BCUT2D eigenvalue weighted by Gasteiger charge is -2.15. The number of aromatic nitrogens is 2. The van der Waals surface area contributed by atoms with E-state index in [0.717, 1.165) is 5.56 Å². The van der Waals surface area contributed by atoms with Crippen LogP contribution in [0, 0.1) is 5.41 Å². The fraction of sp³-hybridized carbons (Fsp3) is 0.333. The zero-order valence-corrected chi connectivity index (χ0v) is 15.1. The minimum Gasteiger partial charge on any atom is -0.321 e. The van der Waals surface area contributed by atoms with Gasteiger partial charge in [0.05, 0.1) is 5.71 Å². The third-order valence-corrected chi connectivity index (χ3v) is 3.60. The van der Waals surface area contributed by atoms with Crippen LogP contribution in [0.15, 0.2) is 41.6 Å². The third kappa shape index (κ3) is 4.76. The molecule has 25 heavy (non-hydrogen) atoms. The van der Waals surface area contributed by atoms with Crippen molar-refractivity contribution in [3.63, 3.8) is 0 Å². The van der Waals surface area contributed by atoms with Crippen molar-refractivity contribution in [1.29, 1.82) is 0 Å². The van der Waals surface area contributed by atoms with Gasteiger partial charge in [0.15, 0.2) is 0 Å². The number of carbonyl (C=O) groups excluding carboxylic acids is 2. The number of nitrogens with one attached hydrogen (secondary N) is 2. The highest BCUT2D eigenvalue weighted by Gasteiger charge is 2.20. The number of rotatable bonds is 4. The predicted molar refractivity (Wildman–Crippen MR) is 97.4 cm³/mol. The molecule has 0 spiro atoms. The molecule has 2 aromatic rings. The lowest BCUT2D eigenvalue weighted by atomic mass is 9.96. The van der Waals surface area contributed by atoms with Gasteiger partial charge in [-0.3, -0.25) is 14.3 Å². The molecular weight excluding hydrogens is 318 g/mol. The van der Waals surface area contributed by atoms with E-state index in [1.807, 2.05) is 32.9 Å². The maximum absolute atomic E-state index is 12.2. The van der Waals surface area contributed by atoms with Crippen molar-refractivity contribution in [2.45, 2.75) is 27.7 Å². The Bertz CT molecular complexity index is 815. The van der Waals surface area contributed by atoms with Crippen LogP contribution in [0.3, 0.4) is 0 Å². The molecule has 1 heterocycles. The van der Waals surface area contributed by atoms with Crippen molar-refractivity contribution in [1.82, 2.24) is 15.2 Å². The fourth-order valence-corrected chi connectivity index (χ4v) is 1.98. The van der Waals surface area contributed by atoms with Crippen LogP contribution < -0.4 is 10.7 Å². The van der Waals surface area contributed by atoms with Gasteiger partial charge in [-0.05, 0) is 30.7 Å². The average molecular weight is 341 g/mol. The first-order valence-corrected chi connectivity index (χ1v) is 7.93. The first kappa shape index (κ1) is 18.4. The minimum atomic E-state index is -0.511. The molecular formula is C18H23N5O2. The van der Waals surface area contributed by atoms with Crippen LogP contribution in [0.2, 0.25) is 0 Å². The van der Waals surface area contributed by atoms with Crippen LogP contribution in [0.4, 0.5) is 5.69 Å². The predicted octanol–water partition coefficient (Wildman–Crippen LogP) is 2.56. The quantitative estimate of drug-likeness (QED) is 0.662. The number of aryl methyl sites for hydroxylation is 1. The second kappa shape index (κ2) is 7.29. The highest BCUT2D eigenvalue weighted by atomic mass is 16.2. The Morgan fingerprint density at radius 3 is 2.52 bits per heavy atom. The summed E-state index contributed by atoms with van der Waals surface area (Å²) in [4.78, 5) is 24.1. The normalized spacial score (nSPS) is 12.0. The molecule has 0 radical (unpaired) electrons. The van der Waals surface area contributed by atoms with Crippen LogP contribution >= 0.6 is 0 Å². The van der Waals surface area contributed by atoms with Crippen molar-refractivity contribution in [3.05, 3.63) is 47.8 Å². The number of carbonyl (C=O) groups is 2. The van der Waals surface area contributed by atoms with Gasteiger partial charge in [0.2, 0.25) is 5.91 Å². The monoisotopic (exact) mass is 341 g/mol. The molecule has 0 unspecified atom stereocenters. The Labute approximate surface area is 147 Å². The standard InChI is InChI=1S/C18H23N5O2/c1-12(21-22-17(25)18(2,3)4)13-7-6-8-14(11-13)20-16(24)15-9-10-19-23(15)5/h6-11H,1-5H3,(H,20,24)(H,22,25). The van der Waals surface area contributed by atoms with E-state index in [0.29, 0.717) is 17.1 Å². The molecule has 7 nitrogen and oxygen atoms in total. The van der Waals surface area contributed by atoms with E-state index in [2.05, 4.69) is 20.9 Å². The van der Waals surface area contributed by atoms with E-state index in [9.17, 15) is 9.59 Å². The van der Waals surface area contributed by atoms with Gasteiger partial charge in [-0.15, -0.1) is 0 Å². The second-order valence-corrected chi connectivity index (χ2v) is 6.76. The molecule has 1 aromatic heterocycles. The van der Waals surface area contributed by atoms with Gasteiger partial charge in [-0.25, -0.2) is 5.43 Å². The summed E-state index contributed by atoms with van der Waals surface area (Å²) in [6.45, 7) is 7.26. The van der Waals surface area contributed by atoms with Crippen molar-refractivity contribution >= 4 is 23.2 Å². The Morgan fingerprint density at radius 1 is 1.20 bits per heavy atom. The highest BCUT2D eigenvalue weighted by Crippen LogP contribution is 2.14. The number of anilines is 1. The van der Waals surface area contributed by atoms with Crippen molar-refractivity contribution in [2.75, 3.05) is 5.32 Å². The summed E-state index contributed by atoms with van der Waals surface area (Å²) in [6, 6.07) is 8.92. The van der Waals surface area contributed by atoms with E-state index < -0.39 is 5.41 Å². The van der Waals surface area contributed by atoms with E-state index >= 15 is 0 Å². The van der Waals surface area contributed by atoms with Crippen LogP contribution in [0.5, 0.6) is 0 Å². The SMILES string of the molecule is CC(=NNC(=O)C(C)(C)C)c1cccc(NC(=O)c2ccnn2C)c1. The van der Waals surface area contributed by atoms with Gasteiger partial charge in [0, 0.05) is 24.3 Å². The number of hydrogen-bond acceptors (Lipinski definition) is 4. The molecule has 2 rings (SSSR count). The summed E-state index contributed by atoms with van der Waals surface area (Å²) in [5, 5.41) is 10.9. The molecule has 2 N–H and O–H groups in total.